The number of carbonyl (C=O) groups excluding carboxylic acids is 2. The minimum absolute atomic E-state index is 0.0727. The molecular formula is C19H23FN4O2. The van der Waals surface area contributed by atoms with E-state index < -0.39 is 0 Å². The molecular weight excluding hydrogens is 335 g/mol. The number of hydrogen-bond donors (Lipinski definition) is 0. The van der Waals surface area contributed by atoms with Crippen LogP contribution in [0.4, 0.5) is 4.39 Å². The first-order valence-corrected chi connectivity index (χ1v) is 8.69. The molecule has 7 heteroatoms. The van der Waals surface area contributed by atoms with Crippen molar-refractivity contribution < 1.29 is 14.0 Å². The van der Waals surface area contributed by atoms with Gasteiger partial charge in [0.15, 0.2) is 0 Å². The van der Waals surface area contributed by atoms with Crippen molar-refractivity contribution in [3.05, 3.63) is 47.5 Å². The van der Waals surface area contributed by atoms with Gasteiger partial charge in [0, 0.05) is 33.6 Å². The van der Waals surface area contributed by atoms with Gasteiger partial charge in [0.25, 0.3) is 5.91 Å². The number of nitrogens with zero attached hydrogens (tertiary/aromatic N) is 4. The van der Waals surface area contributed by atoms with Crippen molar-refractivity contribution in [3.8, 4) is 5.69 Å². The van der Waals surface area contributed by atoms with Crippen LogP contribution in [0.1, 0.15) is 29.4 Å². The lowest BCUT2D eigenvalue weighted by Crippen LogP contribution is -2.34. The van der Waals surface area contributed by atoms with E-state index in [1.807, 2.05) is 4.90 Å². The molecule has 0 N–H and O–H groups in total. The summed E-state index contributed by atoms with van der Waals surface area (Å²) in [6.07, 6.45) is 2.38. The molecule has 1 aliphatic heterocycles. The summed E-state index contributed by atoms with van der Waals surface area (Å²) in [5.41, 5.74) is 1.38. The predicted octanol–water partition coefficient (Wildman–Crippen LogP) is 2.26. The van der Waals surface area contributed by atoms with E-state index in [4.69, 9.17) is 0 Å². The summed E-state index contributed by atoms with van der Waals surface area (Å²) in [5.74, 6) is -0.189. The molecule has 1 atom stereocenters. The van der Waals surface area contributed by atoms with Crippen molar-refractivity contribution in [1.82, 2.24) is 19.6 Å². The zero-order valence-electron chi connectivity index (χ0n) is 15.3. The quantitative estimate of drug-likeness (QED) is 0.842. The number of likely N-dealkylation sites (tertiary alicyclic amines) is 1. The normalized spacial score (nSPS) is 16.8. The van der Waals surface area contributed by atoms with Gasteiger partial charge < -0.3 is 9.80 Å². The number of carbonyl (C=O) groups is 2. The Labute approximate surface area is 152 Å². The van der Waals surface area contributed by atoms with Crippen LogP contribution in [-0.4, -0.2) is 58.1 Å². The molecule has 0 bridgehead atoms. The highest BCUT2D eigenvalue weighted by Crippen LogP contribution is 2.20. The smallest absolute Gasteiger partial charge is 0.257 e. The molecule has 0 radical (unpaired) electrons. The highest BCUT2D eigenvalue weighted by Gasteiger charge is 2.27. The monoisotopic (exact) mass is 358 g/mol. The molecule has 2 heterocycles. The minimum atomic E-state index is -0.388. The lowest BCUT2D eigenvalue weighted by atomic mass is 10.1. The second kappa shape index (κ2) is 7.27. The lowest BCUT2D eigenvalue weighted by Gasteiger charge is -2.21. The number of amides is 2. The molecule has 1 fully saturated rings. The van der Waals surface area contributed by atoms with Crippen LogP contribution < -0.4 is 0 Å². The molecule has 26 heavy (non-hydrogen) atoms. The van der Waals surface area contributed by atoms with Crippen LogP contribution in [0.2, 0.25) is 0 Å². The van der Waals surface area contributed by atoms with Crippen molar-refractivity contribution in [2.45, 2.75) is 20.3 Å². The van der Waals surface area contributed by atoms with E-state index in [9.17, 15) is 14.0 Å². The van der Waals surface area contributed by atoms with Gasteiger partial charge in [-0.3, -0.25) is 9.59 Å². The fraction of sp³-hybridized carbons (Fsp3) is 0.421. The fourth-order valence-electron chi connectivity index (χ4n) is 3.43. The first-order valence-electron chi connectivity index (χ1n) is 8.69. The summed E-state index contributed by atoms with van der Waals surface area (Å²) < 4.78 is 15.5. The van der Waals surface area contributed by atoms with Crippen LogP contribution in [-0.2, 0) is 4.79 Å². The standard InChI is InChI=1S/C19H23FN4O2/c1-13-16(10-21-24(13)18-7-5-4-6-17(18)20)19(26)22(3)11-15-8-9-23(12-15)14(2)25/h4-7,10,15H,8-9,11-12H2,1-3H3/t15-/m1/s1. The maximum Gasteiger partial charge on any atom is 0.257 e. The lowest BCUT2D eigenvalue weighted by molar-refractivity contribution is -0.127. The number of benzene rings is 1. The maximum absolute atomic E-state index is 14.0. The van der Waals surface area contributed by atoms with E-state index in [1.54, 1.807) is 44.0 Å². The summed E-state index contributed by atoms with van der Waals surface area (Å²) in [6.45, 7) is 5.32. The van der Waals surface area contributed by atoms with Crippen LogP contribution in [0.5, 0.6) is 0 Å². The zero-order valence-corrected chi connectivity index (χ0v) is 15.3. The highest BCUT2D eigenvalue weighted by atomic mass is 19.1. The molecule has 0 saturated carbocycles. The topological polar surface area (TPSA) is 58.4 Å². The summed E-state index contributed by atoms with van der Waals surface area (Å²) >= 11 is 0. The second-order valence-corrected chi connectivity index (χ2v) is 6.81. The molecule has 0 unspecified atom stereocenters. The third-order valence-electron chi connectivity index (χ3n) is 4.93. The summed E-state index contributed by atoms with van der Waals surface area (Å²) in [4.78, 5) is 27.7. The van der Waals surface area contributed by atoms with Gasteiger partial charge in [-0.2, -0.15) is 5.10 Å². The SMILES string of the molecule is CC(=O)N1CC[C@H](CN(C)C(=O)c2cnn(-c3ccccc3F)c2C)C1. The van der Waals surface area contributed by atoms with E-state index in [1.165, 1.54) is 16.9 Å². The third kappa shape index (κ3) is 3.47. The van der Waals surface area contributed by atoms with Gasteiger partial charge in [0.1, 0.15) is 11.5 Å². The molecule has 6 nitrogen and oxygen atoms in total. The Morgan fingerprint density at radius 2 is 2.08 bits per heavy atom. The van der Waals surface area contributed by atoms with Crippen molar-refractivity contribution in [1.29, 1.82) is 0 Å². The Hall–Kier alpha value is -2.70. The van der Waals surface area contributed by atoms with Crippen LogP contribution in [0, 0.1) is 18.7 Å². The summed E-state index contributed by atoms with van der Waals surface area (Å²) in [7, 11) is 1.75. The Bertz CT molecular complexity index is 833. The van der Waals surface area contributed by atoms with Crippen molar-refractivity contribution >= 4 is 11.8 Å². The molecule has 3 rings (SSSR count). The zero-order chi connectivity index (χ0) is 18.8. The Balaban J connectivity index is 1.72. The van der Waals surface area contributed by atoms with Crippen LogP contribution in [0.15, 0.2) is 30.5 Å². The van der Waals surface area contributed by atoms with Crippen molar-refractivity contribution in [2.24, 2.45) is 5.92 Å². The first-order chi connectivity index (χ1) is 12.4. The summed E-state index contributed by atoms with van der Waals surface area (Å²) in [5, 5.41) is 4.19. The first kappa shape index (κ1) is 18.1. The number of aromatic nitrogens is 2. The Morgan fingerprint density at radius 3 is 2.73 bits per heavy atom. The van der Waals surface area contributed by atoms with Gasteiger partial charge in [-0.25, -0.2) is 9.07 Å². The average molecular weight is 358 g/mol. The van der Waals surface area contributed by atoms with Crippen LogP contribution >= 0.6 is 0 Å². The molecule has 0 spiro atoms. The molecule has 138 valence electrons. The second-order valence-electron chi connectivity index (χ2n) is 6.81. The van der Waals surface area contributed by atoms with Crippen molar-refractivity contribution in [2.75, 3.05) is 26.7 Å². The molecule has 2 amide bonds. The van der Waals surface area contributed by atoms with E-state index in [0.717, 1.165) is 13.0 Å². The van der Waals surface area contributed by atoms with Gasteiger partial charge in [0.05, 0.1) is 17.5 Å². The number of hydrogen-bond acceptors (Lipinski definition) is 3. The van der Waals surface area contributed by atoms with E-state index in [0.29, 0.717) is 30.0 Å². The molecule has 1 aromatic carbocycles. The molecule has 1 aromatic heterocycles. The van der Waals surface area contributed by atoms with Crippen LogP contribution in [0.25, 0.3) is 5.69 Å². The van der Waals surface area contributed by atoms with Gasteiger partial charge in [-0.15, -0.1) is 0 Å². The number of halogens is 1. The number of para-hydroxylation sites is 1. The maximum atomic E-state index is 14.0. The molecule has 1 saturated heterocycles. The Kier molecular flexibility index (Phi) is 5.06. The third-order valence-corrected chi connectivity index (χ3v) is 4.93. The largest absolute Gasteiger partial charge is 0.343 e. The predicted molar refractivity (Wildman–Crippen MR) is 95.6 cm³/mol. The molecule has 2 aromatic rings. The van der Waals surface area contributed by atoms with Crippen molar-refractivity contribution in [3.63, 3.8) is 0 Å². The van der Waals surface area contributed by atoms with Crippen LogP contribution in [0.3, 0.4) is 0 Å². The van der Waals surface area contributed by atoms with Gasteiger partial charge >= 0.3 is 0 Å². The van der Waals surface area contributed by atoms with E-state index in [-0.39, 0.29) is 23.5 Å². The van der Waals surface area contributed by atoms with E-state index >= 15 is 0 Å². The average Bonchev–Trinajstić information content (AvgIpc) is 3.22. The Morgan fingerprint density at radius 1 is 1.35 bits per heavy atom. The molecule has 0 aliphatic carbocycles. The minimum Gasteiger partial charge on any atom is -0.343 e. The van der Waals surface area contributed by atoms with E-state index in [2.05, 4.69) is 5.10 Å². The van der Waals surface area contributed by atoms with Gasteiger partial charge in [-0.05, 0) is 31.4 Å². The fourth-order valence-corrected chi connectivity index (χ4v) is 3.43. The highest BCUT2D eigenvalue weighted by molar-refractivity contribution is 5.95. The van der Waals surface area contributed by atoms with Gasteiger partial charge in [0.2, 0.25) is 5.91 Å². The van der Waals surface area contributed by atoms with Gasteiger partial charge in [-0.1, -0.05) is 12.1 Å². The summed E-state index contributed by atoms with van der Waals surface area (Å²) in [6, 6.07) is 6.34. The number of rotatable bonds is 4. The molecule has 1 aliphatic rings.